The van der Waals surface area contributed by atoms with Crippen molar-refractivity contribution in [3.05, 3.63) is 58.1 Å². The second-order valence-corrected chi connectivity index (χ2v) is 6.95. The first-order valence-electron chi connectivity index (χ1n) is 6.74. The van der Waals surface area contributed by atoms with Crippen LogP contribution in [-0.2, 0) is 12.0 Å². The lowest BCUT2D eigenvalue weighted by molar-refractivity contribution is 0.590. The van der Waals surface area contributed by atoms with Gasteiger partial charge in [0.1, 0.15) is 0 Å². The van der Waals surface area contributed by atoms with Crippen LogP contribution in [-0.4, -0.2) is 0 Å². The van der Waals surface area contributed by atoms with Crippen molar-refractivity contribution >= 4 is 27.3 Å². The fraction of sp³-hybridized carbons (Fsp3) is 0.294. The summed E-state index contributed by atoms with van der Waals surface area (Å²) >= 11 is 3.41. The third-order valence-electron chi connectivity index (χ3n) is 3.32. The van der Waals surface area contributed by atoms with Crippen molar-refractivity contribution in [3.8, 4) is 0 Å². The fourth-order valence-corrected chi connectivity index (χ4v) is 2.39. The van der Waals surface area contributed by atoms with Crippen LogP contribution in [0.2, 0.25) is 0 Å². The maximum atomic E-state index is 5.97. The lowest BCUT2D eigenvalue weighted by Gasteiger charge is -2.19. The van der Waals surface area contributed by atoms with Gasteiger partial charge in [0.2, 0.25) is 0 Å². The minimum Gasteiger partial charge on any atom is -0.397 e. The lowest BCUT2D eigenvalue weighted by Crippen LogP contribution is -2.11. The van der Waals surface area contributed by atoms with Gasteiger partial charge in [-0.05, 0) is 34.7 Å². The monoisotopic (exact) mass is 332 g/mol. The van der Waals surface area contributed by atoms with Gasteiger partial charge < -0.3 is 11.1 Å². The Kier molecular flexibility index (Phi) is 4.39. The number of nitrogens with two attached hydrogens (primary N) is 1. The minimum absolute atomic E-state index is 0.197. The summed E-state index contributed by atoms with van der Waals surface area (Å²) < 4.78 is 0.995. The topological polar surface area (TPSA) is 38.0 Å². The summed E-state index contributed by atoms with van der Waals surface area (Å²) in [5.74, 6) is 0. The van der Waals surface area contributed by atoms with Crippen LogP contribution in [0.25, 0.3) is 0 Å². The summed E-state index contributed by atoms with van der Waals surface area (Å²) in [7, 11) is 0. The number of hydrogen-bond acceptors (Lipinski definition) is 2. The SMILES string of the molecule is CC(C)(C)c1ccc(CNc2ccc(Br)cc2N)cc1. The lowest BCUT2D eigenvalue weighted by atomic mass is 9.87. The maximum absolute atomic E-state index is 5.97. The van der Waals surface area contributed by atoms with Gasteiger partial charge in [-0.15, -0.1) is 0 Å². The molecule has 2 aromatic rings. The van der Waals surface area contributed by atoms with E-state index in [1.807, 2.05) is 18.2 Å². The molecular weight excluding hydrogens is 312 g/mol. The molecule has 0 aliphatic heterocycles. The number of anilines is 2. The molecule has 2 rings (SSSR count). The van der Waals surface area contributed by atoms with Crippen molar-refractivity contribution in [1.82, 2.24) is 0 Å². The van der Waals surface area contributed by atoms with Crippen LogP contribution < -0.4 is 11.1 Å². The molecule has 0 radical (unpaired) electrons. The molecule has 106 valence electrons. The molecule has 0 saturated carbocycles. The third kappa shape index (κ3) is 3.76. The second-order valence-electron chi connectivity index (χ2n) is 6.03. The van der Waals surface area contributed by atoms with E-state index in [0.29, 0.717) is 0 Å². The smallest absolute Gasteiger partial charge is 0.0577 e. The largest absolute Gasteiger partial charge is 0.397 e. The van der Waals surface area contributed by atoms with Crippen molar-refractivity contribution in [1.29, 1.82) is 0 Å². The molecule has 0 atom stereocenters. The standard InChI is InChI=1S/C17H21BrN2/c1-17(2,3)13-6-4-12(5-7-13)11-20-16-9-8-14(18)10-15(16)19/h4-10,20H,11,19H2,1-3H3. The Morgan fingerprint density at radius 2 is 1.70 bits per heavy atom. The van der Waals surface area contributed by atoms with E-state index >= 15 is 0 Å². The average Bonchev–Trinajstić information content (AvgIpc) is 2.37. The molecule has 3 heteroatoms. The van der Waals surface area contributed by atoms with Crippen LogP contribution >= 0.6 is 15.9 Å². The molecule has 0 aliphatic carbocycles. The molecule has 20 heavy (non-hydrogen) atoms. The van der Waals surface area contributed by atoms with E-state index in [1.54, 1.807) is 0 Å². The van der Waals surface area contributed by atoms with Gasteiger partial charge in [-0.3, -0.25) is 0 Å². The quantitative estimate of drug-likeness (QED) is 0.781. The highest BCUT2D eigenvalue weighted by Gasteiger charge is 2.12. The van der Waals surface area contributed by atoms with Crippen LogP contribution in [0.15, 0.2) is 46.9 Å². The normalized spacial score (nSPS) is 11.4. The van der Waals surface area contributed by atoms with Crippen LogP contribution in [0, 0.1) is 0 Å². The first-order chi connectivity index (χ1) is 9.36. The zero-order chi connectivity index (χ0) is 14.8. The molecule has 0 heterocycles. The van der Waals surface area contributed by atoms with Crippen molar-refractivity contribution in [2.24, 2.45) is 0 Å². The average molecular weight is 333 g/mol. The Hall–Kier alpha value is -1.48. The molecule has 0 unspecified atom stereocenters. The van der Waals surface area contributed by atoms with Crippen molar-refractivity contribution < 1.29 is 0 Å². The van der Waals surface area contributed by atoms with E-state index in [9.17, 15) is 0 Å². The molecule has 0 fully saturated rings. The van der Waals surface area contributed by atoms with Gasteiger partial charge >= 0.3 is 0 Å². The van der Waals surface area contributed by atoms with Gasteiger partial charge in [-0.1, -0.05) is 61.0 Å². The number of rotatable bonds is 3. The van der Waals surface area contributed by atoms with Gasteiger partial charge in [0.25, 0.3) is 0 Å². The number of nitrogens with one attached hydrogen (secondary N) is 1. The number of halogens is 1. The van der Waals surface area contributed by atoms with Gasteiger partial charge in [-0.2, -0.15) is 0 Å². The fourth-order valence-electron chi connectivity index (χ4n) is 2.01. The van der Waals surface area contributed by atoms with Crippen molar-refractivity contribution in [3.63, 3.8) is 0 Å². The molecule has 3 N–H and O–H groups in total. The molecule has 2 nitrogen and oxygen atoms in total. The van der Waals surface area contributed by atoms with Gasteiger partial charge in [0.15, 0.2) is 0 Å². The summed E-state index contributed by atoms with van der Waals surface area (Å²) in [6.07, 6.45) is 0. The highest BCUT2D eigenvalue weighted by atomic mass is 79.9. The Balaban J connectivity index is 2.04. The van der Waals surface area contributed by atoms with Crippen LogP contribution in [0.3, 0.4) is 0 Å². The number of nitrogen functional groups attached to an aromatic ring is 1. The van der Waals surface area contributed by atoms with E-state index in [1.165, 1.54) is 11.1 Å². The molecule has 0 amide bonds. The molecule has 0 aromatic heterocycles. The van der Waals surface area contributed by atoms with Crippen molar-refractivity contribution in [2.45, 2.75) is 32.7 Å². The Labute approximate surface area is 129 Å². The molecule has 0 bridgehead atoms. The number of benzene rings is 2. The summed E-state index contributed by atoms with van der Waals surface area (Å²) in [6, 6.07) is 14.6. The van der Waals surface area contributed by atoms with Gasteiger partial charge in [0.05, 0.1) is 11.4 Å². The Bertz CT molecular complexity index is 583. The summed E-state index contributed by atoms with van der Waals surface area (Å²) in [5.41, 5.74) is 10.5. The number of hydrogen-bond donors (Lipinski definition) is 2. The van der Waals surface area contributed by atoms with Gasteiger partial charge in [-0.25, -0.2) is 0 Å². The highest BCUT2D eigenvalue weighted by molar-refractivity contribution is 9.10. The predicted molar refractivity (Wildman–Crippen MR) is 91.0 cm³/mol. The van der Waals surface area contributed by atoms with Crippen LogP contribution in [0.4, 0.5) is 11.4 Å². The molecule has 0 saturated heterocycles. The van der Waals surface area contributed by atoms with E-state index in [4.69, 9.17) is 5.73 Å². The van der Waals surface area contributed by atoms with E-state index in [2.05, 4.69) is 66.3 Å². The van der Waals surface area contributed by atoms with Crippen molar-refractivity contribution in [2.75, 3.05) is 11.1 Å². The van der Waals surface area contributed by atoms with Crippen LogP contribution in [0.1, 0.15) is 31.9 Å². The predicted octanol–water partition coefficient (Wildman–Crippen LogP) is 4.94. The molecular formula is C17H21BrN2. The Morgan fingerprint density at radius 3 is 2.25 bits per heavy atom. The Morgan fingerprint density at radius 1 is 1.05 bits per heavy atom. The molecule has 0 spiro atoms. The maximum Gasteiger partial charge on any atom is 0.0577 e. The first-order valence-corrected chi connectivity index (χ1v) is 7.54. The van der Waals surface area contributed by atoms with E-state index < -0.39 is 0 Å². The first kappa shape index (κ1) is 14.9. The third-order valence-corrected chi connectivity index (χ3v) is 3.81. The van der Waals surface area contributed by atoms with E-state index in [0.717, 1.165) is 22.4 Å². The van der Waals surface area contributed by atoms with Crippen LogP contribution in [0.5, 0.6) is 0 Å². The van der Waals surface area contributed by atoms with E-state index in [-0.39, 0.29) is 5.41 Å². The van der Waals surface area contributed by atoms with Gasteiger partial charge in [0, 0.05) is 11.0 Å². The zero-order valence-electron chi connectivity index (χ0n) is 12.2. The zero-order valence-corrected chi connectivity index (χ0v) is 13.8. The summed E-state index contributed by atoms with van der Waals surface area (Å²) in [6.45, 7) is 7.45. The summed E-state index contributed by atoms with van der Waals surface area (Å²) in [4.78, 5) is 0. The summed E-state index contributed by atoms with van der Waals surface area (Å²) in [5, 5.41) is 3.37. The second kappa shape index (κ2) is 5.88. The minimum atomic E-state index is 0.197. The highest BCUT2D eigenvalue weighted by Crippen LogP contribution is 2.25. The molecule has 0 aliphatic rings. The molecule has 2 aromatic carbocycles.